The summed E-state index contributed by atoms with van der Waals surface area (Å²) in [5, 5.41) is 12.8. The lowest BCUT2D eigenvalue weighted by atomic mass is 10.1. The van der Waals surface area contributed by atoms with E-state index in [0.717, 1.165) is 32.1 Å². The Hall–Kier alpha value is -3.18. The molecule has 12 nitrogen and oxygen atoms in total. The molecule has 0 unspecified atom stereocenters. The summed E-state index contributed by atoms with van der Waals surface area (Å²) in [4.78, 5) is 41.3. The molecule has 1 aliphatic rings. The van der Waals surface area contributed by atoms with E-state index in [4.69, 9.17) is 10.5 Å². The van der Waals surface area contributed by atoms with Crippen molar-refractivity contribution in [1.29, 1.82) is 0 Å². The van der Waals surface area contributed by atoms with Crippen molar-refractivity contribution in [2.45, 2.75) is 64.5 Å². The van der Waals surface area contributed by atoms with E-state index in [1.807, 2.05) is 0 Å². The average molecular weight is 451 g/mol. The molecule has 0 radical (unpaired) electrons. The standard InChI is InChI=1S/C20H34N8O4/c1-22-20(31)24-19(21)23-14-16-15-28(26-25-16)11-7-8-17(29)27-10-6-4-2-3-5-9-18(30)32-13-12-27/h15H,2-14H2,1H3,(H4,21,22,23,24,31). The number of rotatable bonds is 6. The molecule has 178 valence electrons. The van der Waals surface area contributed by atoms with Gasteiger partial charge in [0.05, 0.1) is 19.3 Å². The van der Waals surface area contributed by atoms with Gasteiger partial charge in [-0.2, -0.15) is 0 Å². The molecular weight excluding hydrogens is 416 g/mol. The van der Waals surface area contributed by atoms with Crippen LogP contribution in [0.25, 0.3) is 0 Å². The van der Waals surface area contributed by atoms with Crippen LogP contribution in [0, 0.1) is 0 Å². The van der Waals surface area contributed by atoms with E-state index in [1.165, 1.54) is 7.05 Å². The van der Waals surface area contributed by atoms with Crippen LogP contribution in [0.1, 0.15) is 57.1 Å². The third-order valence-corrected chi connectivity index (χ3v) is 5.03. The molecule has 32 heavy (non-hydrogen) atoms. The van der Waals surface area contributed by atoms with Crippen LogP contribution < -0.4 is 16.4 Å². The van der Waals surface area contributed by atoms with E-state index >= 15 is 0 Å². The summed E-state index contributed by atoms with van der Waals surface area (Å²) < 4.78 is 6.89. The van der Waals surface area contributed by atoms with Gasteiger partial charge in [0.25, 0.3) is 0 Å². The van der Waals surface area contributed by atoms with Gasteiger partial charge < -0.3 is 20.7 Å². The third kappa shape index (κ3) is 9.75. The Morgan fingerprint density at radius 1 is 1.22 bits per heavy atom. The molecule has 1 saturated heterocycles. The Kier molecular flexibility index (Phi) is 11.0. The number of ether oxygens (including phenoxy) is 1. The molecule has 4 N–H and O–H groups in total. The molecule has 12 heteroatoms. The number of hydrogen-bond donors (Lipinski definition) is 3. The Bertz CT molecular complexity index is 779. The molecule has 1 aromatic rings. The predicted octanol–water partition coefficient (Wildman–Crippen LogP) is 0.528. The molecule has 0 aromatic carbocycles. The lowest BCUT2D eigenvalue weighted by molar-refractivity contribution is -0.146. The Labute approximate surface area is 187 Å². The van der Waals surface area contributed by atoms with Gasteiger partial charge in [-0.1, -0.05) is 24.5 Å². The minimum atomic E-state index is -0.449. The van der Waals surface area contributed by atoms with Crippen molar-refractivity contribution in [3.63, 3.8) is 0 Å². The Balaban J connectivity index is 1.75. The SMILES string of the molecule is CNC(=O)NC(N)=NCc1cn(CCCC(=O)N2CCCCCCCC(=O)OCC2)nn1. The number of guanidine groups is 1. The fourth-order valence-electron chi connectivity index (χ4n) is 3.26. The quantitative estimate of drug-likeness (QED) is 0.324. The van der Waals surface area contributed by atoms with E-state index in [2.05, 4.69) is 25.9 Å². The molecule has 0 bridgehead atoms. The van der Waals surface area contributed by atoms with E-state index in [1.54, 1.807) is 15.8 Å². The number of nitrogens with one attached hydrogen (secondary N) is 2. The largest absolute Gasteiger partial charge is 0.464 e. The van der Waals surface area contributed by atoms with Gasteiger partial charge in [-0.15, -0.1) is 5.10 Å². The fourth-order valence-corrected chi connectivity index (χ4v) is 3.26. The van der Waals surface area contributed by atoms with Crippen LogP contribution in [0.4, 0.5) is 4.79 Å². The molecule has 1 fully saturated rings. The summed E-state index contributed by atoms with van der Waals surface area (Å²) in [6.07, 6.45) is 8.17. The summed E-state index contributed by atoms with van der Waals surface area (Å²) in [7, 11) is 1.48. The van der Waals surface area contributed by atoms with Crippen LogP contribution in [-0.4, -0.2) is 70.5 Å². The fraction of sp³-hybridized carbons (Fsp3) is 0.700. The first-order valence-electron chi connectivity index (χ1n) is 11.1. The minimum absolute atomic E-state index is 0.0127. The van der Waals surface area contributed by atoms with Crippen LogP contribution in [0.5, 0.6) is 0 Å². The molecule has 0 saturated carbocycles. The van der Waals surface area contributed by atoms with Gasteiger partial charge in [-0.05, 0) is 19.3 Å². The summed E-state index contributed by atoms with van der Waals surface area (Å²) in [6.45, 7) is 2.09. The Morgan fingerprint density at radius 3 is 2.81 bits per heavy atom. The van der Waals surface area contributed by atoms with Crippen LogP contribution in [0.2, 0.25) is 0 Å². The van der Waals surface area contributed by atoms with Crippen molar-refractivity contribution in [2.75, 3.05) is 26.7 Å². The average Bonchev–Trinajstić information content (AvgIpc) is 3.22. The summed E-state index contributed by atoms with van der Waals surface area (Å²) in [6, 6.07) is -0.449. The van der Waals surface area contributed by atoms with Crippen molar-refractivity contribution in [3.8, 4) is 0 Å². The van der Waals surface area contributed by atoms with Gasteiger partial charge in [-0.25, -0.2) is 9.79 Å². The first kappa shape index (κ1) is 25.1. The van der Waals surface area contributed by atoms with Gasteiger partial charge >= 0.3 is 12.0 Å². The first-order chi connectivity index (χ1) is 15.5. The Morgan fingerprint density at radius 2 is 2.00 bits per heavy atom. The maximum Gasteiger partial charge on any atom is 0.321 e. The van der Waals surface area contributed by atoms with Gasteiger partial charge in [0.1, 0.15) is 12.3 Å². The topological polar surface area (TPSA) is 157 Å². The second kappa shape index (κ2) is 14.0. The zero-order chi connectivity index (χ0) is 23.2. The molecule has 0 atom stereocenters. The molecule has 0 spiro atoms. The number of nitrogens with zero attached hydrogens (tertiary/aromatic N) is 5. The van der Waals surface area contributed by atoms with Gasteiger partial charge in [0, 0.05) is 33.0 Å². The van der Waals surface area contributed by atoms with E-state index in [0.29, 0.717) is 44.6 Å². The second-order valence-corrected chi connectivity index (χ2v) is 7.60. The molecule has 1 aromatic heterocycles. The normalized spacial score (nSPS) is 16.5. The lowest BCUT2D eigenvalue weighted by Crippen LogP contribution is -2.41. The number of aromatic nitrogens is 3. The number of amides is 3. The van der Waals surface area contributed by atoms with Gasteiger partial charge in [0.2, 0.25) is 5.91 Å². The molecule has 1 aliphatic heterocycles. The molecule has 0 aliphatic carbocycles. The van der Waals surface area contributed by atoms with Crippen molar-refractivity contribution in [3.05, 3.63) is 11.9 Å². The van der Waals surface area contributed by atoms with Crippen molar-refractivity contribution >= 4 is 23.9 Å². The highest BCUT2D eigenvalue weighted by Crippen LogP contribution is 2.10. The van der Waals surface area contributed by atoms with E-state index < -0.39 is 6.03 Å². The van der Waals surface area contributed by atoms with Crippen LogP contribution in [-0.2, 0) is 27.4 Å². The summed E-state index contributed by atoms with van der Waals surface area (Å²) >= 11 is 0. The monoisotopic (exact) mass is 450 g/mol. The number of aryl methyl sites for hydroxylation is 1. The van der Waals surface area contributed by atoms with E-state index in [-0.39, 0.29) is 31.0 Å². The molecule has 2 rings (SSSR count). The van der Waals surface area contributed by atoms with Crippen LogP contribution in [0.15, 0.2) is 11.2 Å². The number of nitrogens with two attached hydrogens (primary N) is 1. The zero-order valence-electron chi connectivity index (χ0n) is 18.7. The highest BCUT2D eigenvalue weighted by Gasteiger charge is 2.15. The smallest absolute Gasteiger partial charge is 0.321 e. The van der Waals surface area contributed by atoms with Crippen molar-refractivity contribution in [2.24, 2.45) is 10.7 Å². The highest BCUT2D eigenvalue weighted by molar-refractivity contribution is 5.95. The summed E-state index contributed by atoms with van der Waals surface area (Å²) in [5.41, 5.74) is 6.21. The van der Waals surface area contributed by atoms with Crippen molar-refractivity contribution < 1.29 is 19.1 Å². The third-order valence-electron chi connectivity index (χ3n) is 5.03. The number of cyclic esters (lactones) is 1. The molecule has 3 amide bonds. The second-order valence-electron chi connectivity index (χ2n) is 7.60. The van der Waals surface area contributed by atoms with Gasteiger partial charge in [0.15, 0.2) is 5.96 Å². The van der Waals surface area contributed by atoms with Crippen LogP contribution >= 0.6 is 0 Å². The van der Waals surface area contributed by atoms with E-state index in [9.17, 15) is 14.4 Å². The minimum Gasteiger partial charge on any atom is -0.464 e. The number of aliphatic imine (C=N–C) groups is 1. The van der Waals surface area contributed by atoms with Crippen LogP contribution in [0.3, 0.4) is 0 Å². The first-order valence-corrected chi connectivity index (χ1v) is 11.1. The number of urea groups is 1. The number of hydrogen-bond acceptors (Lipinski definition) is 7. The molecule has 2 heterocycles. The maximum absolute atomic E-state index is 12.7. The lowest BCUT2D eigenvalue weighted by Gasteiger charge is -2.23. The maximum atomic E-state index is 12.7. The number of carbonyl (C=O) groups excluding carboxylic acids is 3. The number of esters is 1. The predicted molar refractivity (Wildman–Crippen MR) is 117 cm³/mol. The summed E-state index contributed by atoms with van der Waals surface area (Å²) in [5.74, 6) is -0.146. The molecular formula is C20H34N8O4. The highest BCUT2D eigenvalue weighted by atomic mass is 16.5. The van der Waals surface area contributed by atoms with Crippen molar-refractivity contribution in [1.82, 2.24) is 30.5 Å². The number of carbonyl (C=O) groups is 3. The zero-order valence-corrected chi connectivity index (χ0v) is 18.7. The van der Waals surface area contributed by atoms with Gasteiger partial charge in [-0.3, -0.25) is 19.6 Å².